The Morgan fingerprint density at radius 1 is 1.21 bits per heavy atom. The number of carbonyl (C=O) groups is 1. The van der Waals surface area contributed by atoms with E-state index in [2.05, 4.69) is 20.6 Å². The van der Waals surface area contributed by atoms with Crippen LogP contribution in [0.1, 0.15) is 29.4 Å². The minimum atomic E-state index is -0.386. The summed E-state index contributed by atoms with van der Waals surface area (Å²) >= 11 is 0. The summed E-state index contributed by atoms with van der Waals surface area (Å²) in [6, 6.07) is 6.96. The van der Waals surface area contributed by atoms with Gasteiger partial charge in [-0.25, -0.2) is 14.6 Å². The maximum absolute atomic E-state index is 12.5. The summed E-state index contributed by atoms with van der Waals surface area (Å²) < 4.78 is 18.6. The third-order valence-corrected chi connectivity index (χ3v) is 5.90. The maximum Gasteiger partial charge on any atom is 0.291 e. The number of hydrogen-bond acceptors (Lipinski definition) is 9. The standard InChI is InChI=1S/C22H21N7O4/c23-20-16-17(28-29(21(16)26-10-25-20)12-3-1-7-24-9-12)13-5-6-14(19-18(13)32-11-33-19)27-22(30)15-4-2-8-31-15/h2,4-6,8,10,12,24H,1,3,7,9,11H2,(H,27,30)(H2,23,25,26)/t12-/m1/s1. The molecule has 6 rings (SSSR count). The highest BCUT2D eigenvalue weighted by Crippen LogP contribution is 2.48. The number of amides is 1. The predicted molar refractivity (Wildman–Crippen MR) is 119 cm³/mol. The van der Waals surface area contributed by atoms with Gasteiger partial charge in [0.2, 0.25) is 6.79 Å². The van der Waals surface area contributed by atoms with E-state index in [4.69, 9.17) is 24.7 Å². The van der Waals surface area contributed by atoms with Gasteiger partial charge in [0.15, 0.2) is 22.9 Å². The molecule has 33 heavy (non-hydrogen) atoms. The van der Waals surface area contributed by atoms with Crippen molar-refractivity contribution in [3.63, 3.8) is 0 Å². The Balaban J connectivity index is 1.46. The Kier molecular flexibility index (Phi) is 4.61. The number of ether oxygens (including phenoxy) is 2. The Morgan fingerprint density at radius 3 is 2.94 bits per heavy atom. The van der Waals surface area contributed by atoms with Crippen LogP contribution in [0.25, 0.3) is 22.3 Å². The first-order valence-electron chi connectivity index (χ1n) is 10.7. The number of nitrogen functional groups attached to an aromatic ring is 1. The van der Waals surface area contributed by atoms with Crippen LogP contribution in [0.5, 0.6) is 11.5 Å². The molecule has 0 saturated carbocycles. The molecule has 11 heteroatoms. The van der Waals surface area contributed by atoms with Crippen LogP contribution in [0.15, 0.2) is 41.3 Å². The first-order chi connectivity index (χ1) is 16.2. The van der Waals surface area contributed by atoms with E-state index in [9.17, 15) is 4.79 Å². The number of furan rings is 1. The number of nitrogens with zero attached hydrogens (tertiary/aromatic N) is 4. The normalized spacial score (nSPS) is 17.4. The van der Waals surface area contributed by atoms with E-state index < -0.39 is 0 Å². The summed E-state index contributed by atoms with van der Waals surface area (Å²) in [5, 5.41) is 11.8. The molecule has 5 heterocycles. The molecule has 0 spiro atoms. The maximum atomic E-state index is 12.5. The Bertz CT molecular complexity index is 1340. The molecule has 4 N–H and O–H groups in total. The van der Waals surface area contributed by atoms with Gasteiger partial charge in [-0.05, 0) is 43.7 Å². The number of anilines is 2. The molecule has 11 nitrogen and oxygen atoms in total. The highest BCUT2D eigenvalue weighted by atomic mass is 16.7. The Labute approximate surface area is 187 Å². The van der Waals surface area contributed by atoms with Crippen LogP contribution >= 0.6 is 0 Å². The molecule has 2 aliphatic heterocycles. The van der Waals surface area contributed by atoms with Crippen molar-refractivity contribution >= 4 is 28.4 Å². The molecular formula is C22H21N7O4. The molecule has 1 saturated heterocycles. The molecule has 1 amide bonds. The van der Waals surface area contributed by atoms with Crippen molar-refractivity contribution in [2.24, 2.45) is 0 Å². The van der Waals surface area contributed by atoms with E-state index in [-0.39, 0.29) is 24.5 Å². The summed E-state index contributed by atoms with van der Waals surface area (Å²) in [4.78, 5) is 21.1. The molecule has 1 atom stereocenters. The lowest BCUT2D eigenvalue weighted by molar-refractivity contribution is 0.0996. The molecule has 1 fully saturated rings. The fourth-order valence-electron chi connectivity index (χ4n) is 4.35. The monoisotopic (exact) mass is 447 g/mol. The highest BCUT2D eigenvalue weighted by Gasteiger charge is 2.29. The van der Waals surface area contributed by atoms with E-state index in [0.29, 0.717) is 45.3 Å². The minimum absolute atomic E-state index is 0.0210. The fraction of sp³-hybridized carbons (Fsp3) is 0.273. The number of nitrogens with two attached hydrogens (primary N) is 1. The number of nitrogens with one attached hydrogen (secondary N) is 2. The number of fused-ring (bicyclic) bond motifs is 2. The van der Waals surface area contributed by atoms with Gasteiger partial charge in [0.1, 0.15) is 17.8 Å². The zero-order chi connectivity index (χ0) is 22.4. The van der Waals surface area contributed by atoms with Crippen LogP contribution in [0.2, 0.25) is 0 Å². The first-order valence-corrected chi connectivity index (χ1v) is 10.7. The summed E-state index contributed by atoms with van der Waals surface area (Å²) in [7, 11) is 0. The fourth-order valence-corrected chi connectivity index (χ4v) is 4.35. The van der Waals surface area contributed by atoms with Crippen molar-refractivity contribution in [3.05, 3.63) is 42.6 Å². The van der Waals surface area contributed by atoms with Crippen molar-refractivity contribution in [1.29, 1.82) is 0 Å². The molecule has 0 unspecified atom stereocenters. The van der Waals surface area contributed by atoms with Gasteiger partial charge in [-0.3, -0.25) is 4.79 Å². The van der Waals surface area contributed by atoms with Crippen molar-refractivity contribution in [3.8, 4) is 22.8 Å². The quantitative estimate of drug-likeness (QED) is 0.430. The van der Waals surface area contributed by atoms with Crippen LogP contribution in [-0.2, 0) is 0 Å². The second kappa shape index (κ2) is 7.78. The molecule has 0 bridgehead atoms. The topological polar surface area (TPSA) is 142 Å². The largest absolute Gasteiger partial charge is 0.459 e. The van der Waals surface area contributed by atoms with Gasteiger partial charge in [-0.2, -0.15) is 5.10 Å². The minimum Gasteiger partial charge on any atom is -0.459 e. The SMILES string of the molecule is Nc1ncnc2c1c(-c1ccc(NC(=O)c3ccco3)c3c1OCO3)nn2[C@@H]1CCCNC1. The molecule has 3 aromatic heterocycles. The molecule has 4 aromatic rings. The number of aromatic nitrogens is 4. The number of benzene rings is 1. The number of hydrogen-bond donors (Lipinski definition) is 3. The zero-order valence-electron chi connectivity index (χ0n) is 17.6. The molecule has 1 aromatic carbocycles. The Hall–Kier alpha value is -4.12. The van der Waals surface area contributed by atoms with Crippen LogP contribution in [-0.4, -0.2) is 45.5 Å². The lowest BCUT2D eigenvalue weighted by Gasteiger charge is -2.23. The van der Waals surface area contributed by atoms with Crippen LogP contribution in [0.4, 0.5) is 11.5 Å². The van der Waals surface area contributed by atoms with Gasteiger partial charge in [-0.1, -0.05) is 0 Å². The third kappa shape index (κ3) is 3.24. The average Bonchev–Trinajstić information content (AvgIpc) is 3.60. The van der Waals surface area contributed by atoms with Gasteiger partial charge in [-0.15, -0.1) is 0 Å². The van der Waals surface area contributed by atoms with E-state index in [1.165, 1.54) is 12.6 Å². The van der Waals surface area contributed by atoms with E-state index in [1.54, 1.807) is 18.2 Å². The van der Waals surface area contributed by atoms with Crippen LogP contribution in [0.3, 0.4) is 0 Å². The van der Waals surface area contributed by atoms with E-state index in [0.717, 1.165) is 25.9 Å². The first kappa shape index (κ1) is 19.6. The average molecular weight is 447 g/mol. The van der Waals surface area contributed by atoms with Crippen molar-refractivity contribution in [1.82, 2.24) is 25.1 Å². The zero-order valence-corrected chi connectivity index (χ0v) is 17.6. The van der Waals surface area contributed by atoms with Crippen molar-refractivity contribution in [2.45, 2.75) is 18.9 Å². The third-order valence-electron chi connectivity index (χ3n) is 5.90. The second-order valence-corrected chi connectivity index (χ2v) is 7.91. The number of rotatable bonds is 4. The van der Waals surface area contributed by atoms with E-state index in [1.807, 2.05) is 10.7 Å². The number of carbonyl (C=O) groups excluding carboxylic acids is 1. The molecule has 0 aliphatic carbocycles. The lowest BCUT2D eigenvalue weighted by atomic mass is 10.1. The summed E-state index contributed by atoms with van der Waals surface area (Å²) in [6.07, 6.45) is 4.94. The Morgan fingerprint density at radius 2 is 2.12 bits per heavy atom. The van der Waals surface area contributed by atoms with Crippen molar-refractivity contribution in [2.75, 3.05) is 30.9 Å². The second-order valence-electron chi connectivity index (χ2n) is 7.91. The van der Waals surface area contributed by atoms with Gasteiger partial charge < -0.3 is 30.3 Å². The highest BCUT2D eigenvalue weighted by molar-refractivity contribution is 6.05. The summed E-state index contributed by atoms with van der Waals surface area (Å²) in [5.74, 6) is 1.05. The van der Waals surface area contributed by atoms with Crippen LogP contribution in [0, 0.1) is 0 Å². The molecule has 2 aliphatic rings. The summed E-state index contributed by atoms with van der Waals surface area (Å²) in [5.41, 5.74) is 8.72. The van der Waals surface area contributed by atoms with Gasteiger partial charge >= 0.3 is 0 Å². The molecule has 0 radical (unpaired) electrons. The predicted octanol–water partition coefficient (Wildman–Crippen LogP) is 2.57. The van der Waals surface area contributed by atoms with Gasteiger partial charge in [0.25, 0.3) is 5.91 Å². The smallest absolute Gasteiger partial charge is 0.291 e. The molecular weight excluding hydrogens is 426 g/mol. The van der Waals surface area contributed by atoms with Crippen LogP contribution < -0.4 is 25.8 Å². The summed E-state index contributed by atoms with van der Waals surface area (Å²) in [6.45, 7) is 1.81. The van der Waals surface area contributed by atoms with Gasteiger partial charge in [0, 0.05) is 12.1 Å². The van der Waals surface area contributed by atoms with Crippen molar-refractivity contribution < 1.29 is 18.7 Å². The molecule has 168 valence electrons. The number of piperidine rings is 1. The van der Waals surface area contributed by atoms with Gasteiger partial charge in [0.05, 0.1) is 23.4 Å². The van der Waals surface area contributed by atoms with E-state index >= 15 is 0 Å². The lowest BCUT2D eigenvalue weighted by Crippen LogP contribution is -2.32.